The summed E-state index contributed by atoms with van der Waals surface area (Å²) in [5.74, 6) is 5.31. The lowest BCUT2D eigenvalue weighted by molar-refractivity contribution is -0.139. The molecule has 3 aliphatic rings. The molecule has 3 aromatic rings. The van der Waals surface area contributed by atoms with Crippen LogP contribution < -0.4 is 0 Å². The molecule has 224 valence electrons. The normalized spacial score (nSPS) is 32.7. The number of rotatable bonds is 7. The van der Waals surface area contributed by atoms with E-state index in [9.17, 15) is 0 Å². The van der Waals surface area contributed by atoms with E-state index in [0.717, 1.165) is 49.4 Å². The summed E-state index contributed by atoms with van der Waals surface area (Å²) in [6.45, 7) is 14.8. The van der Waals surface area contributed by atoms with Gasteiger partial charge in [0, 0.05) is 0 Å². The predicted octanol–water partition coefficient (Wildman–Crippen LogP) is 11.5. The maximum atomic E-state index is 2.70. The molecule has 0 bridgehead atoms. The fourth-order valence-electron chi connectivity index (χ4n) is 11.4. The second-order valence-electron chi connectivity index (χ2n) is 14.5. The molecule has 0 heterocycles. The highest BCUT2D eigenvalue weighted by Gasteiger charge is 2.60. The topological polar surface area (TPSA) is 0 Å². The van der Waals surface area contributed by atoms with Crippen molar-refractivity contribution in [3.05, 3.63) is 106 Å². The Morgan fingerprint density at radius 1 is 0.476 bits per heavy atom. The zero-order valence-corrected chi connectivity index (χ0v) is 27.5. The second-order valence-corrected chi connectivity index (χ2v) is 14.5. The van der Waals surface area contributed by atoms with Gasteiger partial charge in [0.05, 0.1) is 0 Å². The lowest BCUT2D eigenvalue weighted by Crippen LogP contribution is -2.57. The minimum Gasteiger partial charge on any atom is -0.0620 e. The van der Waals surface area contributed by atoms with E-state index in [0.29, 0.717) is 23.2 Å². The Morgan fingerprint density at radius 3 is 1.33 bits per heavy atom. The second kappa shape index (κ2) is 12.3. The minimum atomic E-state index is 0.485. The first kappa shape index (κ1) is 29.7. The summed E-state index contributed by atoms with van der Waals surface area (Å²) in [6, 6.07) is 26.1. The van der Waals surface area contributed by atoms with E-state index >= 15 is 0 Å². The van der Waals surface area contributed by atoms with E-state index in [1.54, 1.807) is 38.9 Å². The Bertz CT molecular complexity index is 1340. The van der Waals surface area contributed by atoms with E-state index < -0.39 is 0 Å². The van der Waals surface area contributed by atoms with Crippen LogP contribution >= 0.6 is 0 Å². The molecule has 0 nitrogen and oxygen atoms in total. The van der Waals surface area contributed by atoms with Gasteiger partial charge in [0.25, 0.3) is 0 Å². The van der Waals surface area contributed by atoms with E-state index in [4.69, 9.17) is 0 Å². The van der Waals surface area contributed by atoms with Gasteiger partial charge >= 0.3 is 0 Å². The number of hydrogen-bond donors (Lipinski definition) is 0. The Morgan fingerprint density at radius 2 is 0.857 bits per heavy atom. The minimum absolute atomic E-state index is 0.485. The summed E-state index contributed by atoms with van der Waals surface area (Å²) < 4.78 is 0. The quantitative estimate of drug-likeness (QED) is 0.269. The molecule has 0 heteroatoms. The first-order valence-corrected chi connectivity index (χ1v) is 17.7. The van der Waals surface area contributed by atoms with Crippen molar-refractivity contribution in [3.63, 3.8) is 0 Å². The van der Waals surface area contributed by atoms with Crippen LogP contribution in [-0.2, 0) is 25.7 Å². The fraction of sp³-hybridized carbons (Fsp3) is 0.571. The highest BCUT2D eigenvalue weighted by atomic mass is 14.6. The van der Waals surface area contributed by atoms with Gasteiger partial charge in [0.2, 0.25) is 0 Å². The molecule has 0 saturated heterocycles. The van der Waals surface area contributed by atoms with Crippen molar-refractivity contribution in [3.8, 4) is 0 Å². The molecule has 0 amide bonds. The molecule has 42 heavy (non-hydrogen) atoms. The van der Waals surface area contributed by atoms with E-state index in [-0.39, 0.29) is 0 Å². The van der Waals surface area contributed by atoms with E-state index in [1.807, 2.05) is 0 Å². The van der Waals surface area contributed by atoms with Gasteiger partial charge in [-0.2, -0.15) is 0 Å². The van der Waals surface area contributed by atoms with Crippen LogP contribution in [0.25, 0.3) is 0 Å². The summed E-state index contributed by atoms with van der Waals surface area (Å²) in [7, 11) is 0. The molecule has 0 aliphatic heterocycles. The largest absolute Gasteiger partial charge is 0.0620 e. The van der Waals surface area contributed by atoms with E-state index in [1.165, 1.54) is 38.5 Å². The number of hydrogen-bond acceptors (Lipinski definition) is 0. The molecule has 0 N–H and O–H groups in total. The molecule has 3 aliphatic carbocycles. The summed E-state index contributed by atoms with van der Waals surface area (Å²) in [5.41, 5.74) is 12.0. The Kier molecular flexibility index (Phi) is 8.73. The molecular formula is C42H56. The Labute approximate surface area is 257 Å². The van der Waals surface area contributed by atoms with Crippen LogP contribution in [0.15, 0.2) is 66.7 Å². The zero-order valence-electron chi connectivity index (χ0n) is 27.5. The molecule has 8 atom stereocenters. The fourth-order valence-corrected chi connectivity index (χ4v) is 11.4. The van der Waals surface area contributed by atoms with Crippen LogP contribution in [0.2, 0.25) is 0 Å². The summed E-state index contributed by atoms with van der Waals surface area (Å²) in [4.78, 5) is 0. The summed E-state index contributed by atoms with van der Waals surface area (Å²) >= 11 is 0. The third kappa shape index (κ3) is 4.90. The van der Waals surface area contributed by atoms with Crippen molar-refractivity contribution in [1.82, 2.24) is 0 Å². The van der Waals surface area contributed by atoms with Crippen molar-refractivity contribution >= 4 is 0 Å². The van der Waals surface area contributed by atoms with Crippen molar-refractivity contribution in [2.24, 2.45) is 29.1 Å². The van der Waals surface area contributed by atoms with Crippen molar-refractivity contribution < 1.29 is 0 Å². The van der Waals surface area contributed by atoms with Crippen LogP contribution in [0.5, 0.6) is 0 Å². The van der Waals surface area contributed by atoms with Crippen molar-refractivity contribution in [2.45, 2.75) is 124 Å². The molecule has 3 fully saturated rings. The van der Waals surface area contributed by atoms with Gasteiger partial charge in [-0.15, -0.1) is 0 Å². The highest BCUT2D eigenvalue weighted by Crippen LogP contribution is 2.69. The number of aryl methyl sites for hydroxylation is 4. The van der Waals surface area contributed by atoms with Gasteiger partial charge in [0.15, 0.2) is 0 Å². The average molecular weight is 561 g/mol. The van der Waals surface area contributed by atoms with Crippen LogP contribution in [0.1, 0.15) is 137 Å². The molecule has 3 aromatic carbocycles. The number of benzene rings is 3. The molecule has 0 radical (unpaired) electrons. The summed E-state index contributed by atoms with van der Waals surface area (Å²) in [5, 5.41) is 0. The van der Waals surface area contributed by atoms with Gasteiger partial charge < -0.3 is 0 Å². The SMILES string of the molecule is CCc1ccccc1C1CC(C)C23C(C1)CC(c1ccccc1CC)C[C@@H]2CC(c1c(CC)cccc1CC)C[C@@H]3C. The van der Waals surface area contributed by atoms with Crippen LogP contribution in [0, 0.1) is 29.1 Å². The smallest absolute Gasteiger partial charge is 0.0151 e. The molecule has 6 rings (SSSR count). The van der Waals surface area contributed by atoms with Gasteiger partial charge in [-0.3, -0.25) is 0 Å². The van der Waals surface area contributed by atoms with Crippen LogP contribution in [0.3, 0.4) is 0 Å². The molecule has 3 saturated carbocycles. The first-order chi connectivity index (χ1) is 20.5. The average Bonchev–Trinajstić information content (AvgIpc) is 3.03. The molecule has 0 aromatic heterocycles. The molecule has 6 unspecified atom stereocenters. The monoisotopic (exact) mass is 560 g/mol. The summed E-state index contributed by atoms with van der Waals surface area (Å²) in [6.07, 6.45) is 13.0. The van der Waals surface area contributed by atoms with Gasteiger partial charge in [0.1, 0.15) is 0 Å². The van der Waals surface area contributed by atoms with Crippen LogP contribution in [-0.4, -0.2) is 0 Å². The third-order valence-electron chi connectivity index (χ3n) is 12.9. The van der Waals surface area contributed by atoms with E-state index in [2.05, 4.69) is 108 Å². The van der Waals surface area contributed by atoms with Gasteiger partial charge in [-0.1, -0.05) is 108 Å². The maximum absolute atomic E-state index is 2.70. The predicted molar refractivity (Wildman–Crippen MR) is 181 cm³/mol. The Balaban J connectivity index is 1.43. The maximum Gasteiger partial charge on any atom is -0.0151 e. The van der Waals surface area contributed by atoms with Crippen molar-refractivity contribution in [1.29, 1.82) is 0 Å². The standard InChI is InChI=1S/C42H56/c1-7-30-16-11-13-20-39(30)34-22-28(5)42-29(6)23-36(41-32(9-3)18-15-19-33(41)10-4)27-38(42)26-35(25-37(42)24-34)40-21-14-12-17-31(40)8-2/h11-21,28-29,34-38H,7-10,22-27H2,1-6H3/t28?,29-,34?,35?,36?,37?,38+,42?/m0/s1. The highest BCUT2D eigenvalue weighted by molar-refractivity contribution is 5.40. The van der Waals surface area contributed by atoms with Gasteiger partial charge in [-0.05, 0) is 150 Å². The molecule has 1 spiro atoms. The lowest BCUT2D eigenvalue weighted by atomic mass is 9.39. The van der Waals surface area contributed by atoms with Gasteiger partial charge in [-0.25, -0.2) is 0 Å². The Hall–Kier alpha value is -2.34. The lowest BCUT2D eigenvalue weighted by Gasteiger charge is -2.65. The third-order valence-corrected chi connectivity index (χ3v) is 12.9. The molecular weight excluding hydrogens is 504 g/mol. The first-order valence-electron chi connectivity index (χ1n) is 17.7. The van der Waals surface area contributed by atoms with Crippen LogP contribution in [0.4, 0.5) is 0 Å². The zero-order chi connectivity index (χ0) is 29.4. The van der Waals surface area contributed by atoms with Crippen molar-refractivity contribution in [2.75, 3.05) is 0 Å².